The Morgan fingerprint density at radius 2 is 1.35 bits per heavy atom. The first-order chi connectivity index (χ1) is 9.65. The predicted octanol–water partition coefficient (Wildman–Crippen LogP) is 7.55. The van der Waals surface area contributed by atoms with Gasteiger partial charge in [-0.15, -0.1) is 11.6 Å². The molecule has 20 heavy (non-hydrogen) atoms. The second kappa shape index (κ2) is 14.9. The Morgan fingerprint density at radius 1 is 0.800 bits per heavy atom. The van der Waals surface area contributed by atoms with E-state index in [0.717, 1.165) is 11.8 Å². The molecule has 0 aliphatic heterocycles. The van der Waals surface area contributed by atoms with Crippen LogP contribution in [0, 0.1) is 5.92 Å². The van der Waals surface area contributed by atoms with E-state index in [-0.39, 0.29) is 0 Å². The van der Waals surface area contributed by atoms with E-state index in [2.05, 4.69) is 27.7 Å². The third-order valence-electron chi connectivity index (χ3n) is 3.66. The third kappa shape index (κ3) is 11.6. The van der Waals surface area contributed by atoms with Crippen LogP contribution in [0.15, 0.2) is 0 Å². The van der Waals surface area contributed by atoms with E-state index in [4.69, 9.17) is 11.6 Å². The summed E-state index contributed by atoms with van der Waals surface area (Å²) in [6, 6.07) is 0. The minimum absolute atomic E-state index is 0.641. The number of rotatable bonds is 14. The van der Waals surface area contributed by atoms with E-state index in [0.29, 0.717) is 10.5 Å². The zero-order valence-electron chi connectivity index (χ0n) is 14.0. The highest BCUT2D eigenvalue weighted by atomic mass is 35.5. The molecule has 0 aromatic rings. The van der Waals surface area contributed by atoms with Crippen LogP contribution in [0.25, 0.3) is 0 Å². The van der Waals surface area contributed by atoms with Crippen LogP contribution < -0.4 is 0 Å². The van der Waals surface area contributed by atoms with Gasteiger partial charge in [-0.3, -0.25) is 0 Å². The summed E-state index contributed by atoms with van der Waals surface area (Å²) < 4.78 is 0. The molecule has 3 heteroatoms. The summed E-state index contributed by atoms with van der Waals surface area (Å²) in [5.41, 5.74) is 0. The fraction of sp³-hybridized carbons (Fsp3) is 1.00. The molecule has 0 aromatic heterocycles. The molecular formula is C17H35ClS2. The van der Waals surface area contributed by atoms with Gasteiger partial charge in [0.25, 0.3) is 0 Å². The van der Waals surface area contributed by atoms with Gasteiger partial charge in [-0.1, -0.05) is 94.2 Å². The molecule has 0 amide bonds. The van der Waals surface area contributed by atoms with E-state index in [1.807, 2.05) is 21.6 Å². The Balaban J connectivity index is 4.20. The molecule has 2 unspecified atom stereocenters. The second-order valence-electron chi connectivity index (χ2n) is 6.04. The Labute approximate surface area is 141 Å². The molecule has 0 bridgehead atoms. The minimum Gasteiger partial charge on any atom is -0.125 e. The third-order valence-corrected chi connectivity index (χ3v) is 7.70. The minimum atomic E-state index is 0.641. The van der Waals surface area contributed by atoms with Gasteiger partial charge in [0.05, 0.1) is 0 Å². The molecule has 0 radical (unpaired) electrons. The maximum absolute atomic E-state index is 6.26. The lowest BCUT2D eigenvalue weighted by Gasteiger charge is -2.25. The number of unbranched alkanes of at least 4 members (excludes halogenated alkanes) is 5. The number of hydrogen-bond donors (Lipinski definition) is 0. The van der Waals surface area contributed by atoms with Gasteiger partial charge in [0.2, 0.25) is 0 Å². The van der Waals surface area contributed by atoms with E-state index in [1.165, 1.54) is 57.8 Å². The molecule has 0 aliphatic rings. The van der Waals surface area contributed by atoms with Gasteiger partial charge in [-0.25, -0.2) is 0 Å². The fourth-order valence-corrected chi connectivity index (χ4v) is 5.70. The molecule has 0 N–H and O–H groups in total. The molecule has 0 nitrogen and oxygen atoms in total. The van der Waals surface area contributed by atoms with E-state index >= 15 is 0 Å². The predicted molar refractivity (Wildman–Crippen MR) is 101 cm³/mol. The van der Waals surface area contributed by atoms with Gasteiger partial charge in [0.1, 0.15) is 0 Å². The van der Waals surface area contributed by atoms with Gasteiger partial charge in [-0.05, 0) is 18.8 Å². The standard InChI is InChI=1S/C17H35ClS2/c1-5-7-9-11-13-16(12-10-8-6-2)17(14-18)20-19-15(3)4/h15-17H,5-14H2,1-4H3. The largest absolute Gasteiger partial charge is 0.125 e. The Hall–Kier alpha value is 0.990. The summed E-state index contributed by atoms with van der Waals surface area (Å²) in [7, 11) is 4.05. The highest BCUT2D eigenvalue weighted by molar-refractivity contribution is 8.77. The molecule has 0 rings (SSSR count). The second-order valence-corrected chi connectivity index (χ2v) is 9.44. The van der Waals surface area contributed by atoms with Crippen molar-refractivity contribution in [3.63, 3.8) is 0 Å². The Kier molecular flexibility index (Phi) is 15.6. The van der Waals surface area contributed by atoms with Crippen molar-refractivity contribution in [2.24, 2.45) is 5.92 Å². The maximum Gasteiger partial charge on any atom is 0.0353 e. The van der Waals surface area contributed by atoms with Crippen molar-refractivity contribution < 1.29 is 0 Å². The zero-order chi connectivity index (χ0) is 15.2. The summed E-state index contributed by atoms with van der Waals surface area (Å²) in [5, 5.41) is 1.34. The van der Waals surface area contributed by atoms with Crippen molar-refractivity contribution in [1.82, 2.24) is 0 Å². The zero-order valence-corrected chi connectivity index (χ0v) is 16.4. The van der Waals surface area contributed by atoms with Crippen LogP contribution in [-0.4, -0.2) is 16.4 Å². The average molecular weight is 339 g/mol. The number of alkyl halides is 1. The molecule has 0 saturated heterocycles. The van der Waals surface area contributed by atoms with E-state index in [9.17, 15) is 0 Å². The van der Waals surface area contributed by atoms with Crippen molar-refractivity contribution in [1.29, 1.82) is 0 Å². The van der Waals surface area contributed by atoms with Crippen LogP contribution in [-0.2, 0) is 0 Å². The van der Waals surface area contributed by atoms with E-state index < -0.39 is 0 Å². The quantitative estimate of drug-likeness (QED) is 0.182. The smallest absolute Gasteiger partial charge is 0.0353 e. The van der Waals surface area contributed by atoms with Crippen LogP contribution >= 0.6 is 33.2 Å². The van der Waals surface area contributed by atoms with Crippen molar-refractivity contribution >= 4 is 33.2 Å². The lowest BCUT2D eigenvalue weighted by molar-refractivity contribution is 0.408. The van der Waals surface area contributed by atoms with Crippen LogP contribution in [0.2, 0.25) is 0 Å². The molecule has 0 aliphatic carbocycles. The van der Waals surface area contributed by atoms with Crippen LogP contribution in [0.5, 0.6) is 0 Å². The molecule has 2 atom stereocenters. The summed E-state index contributed by atoms with van der Waals surface area (Å²) in [5.74, 6) is 1.64. The van der Waals surface area contributed by atoms with Crippen LogP contribution in [0.1, 0.15) is 85.5 Å². The molecule has 122 valence electrons. The molecule has 0 saturated carbocycles. The molecule has 0 fully saturated rings. The van der Waals surface area contributed by atoms with Crippen molar-refractivity contribution in [2.45, 2.75) is 96.0 Å². The van der Waals surface area contributed by atoms with Crippen LogP contribution in [0.3, 0.4) is 0 Å². The lowest BCUT2D eigenvalue weighted by Crippen LogP contribution is -2.19. The topological polar surface area (TPSA) is 0 Å². The van der Waals surface area contributed by atoms with Crippen molar-refractivity contribution in [3.8, 4) is 0 Å². The number of halogens is 1. The first-order valence-corrected chi connectivity index (χ1v) is 11.3. The van der Waals surface area contributed by atoms with Crippen molar-refractivity contribution in [3.05, 3.63) is 0 Å². The first-order valence-electron chi connectivity index (χ1n) is 8.53. The van der Waals surface area contributed by atoms with Gasteiger partial charge < -0.3 is 0 Å². The summed E-state index contributed by atoms with van der Waals surface area (Å²) in [6.07, 6.45) is 12.4. The molecule has 0 spiro atoms. The molecule has 0 aromatic carbocycles. The fourth-order valence-electron chi connectivity index (χ4n) is 2.42. The summed E-state index contributed by atoms with van der Waals surface area (Å²) in [6.45, 7) is 9.13. The molecule has 0 heterocycles. The van der Waals surface area contributed by atoms with Gasteiger partial charge in [0.15, 0.2) is 0 Å². The summed E-state index contributed by atoms with van der Waals surface area (Å²) in [4.78, 5) is 0. The molecular weight excluding hydrogens is 304 g/mol. The normalized spacial score (nSPS) is 14.7. The SMILES string of the molecule is CCCCCCC(CCCCC)C(CCl)SSC(C)C. The summed E-state index contributed by atoms with van der Waals surface area (Å²) >= 11 is 6.26. The first kappa shape index (κ1) is 21.0. The van der Waals surface area contributed by atoms with Gasteiger partial charge in [-0.2, -0.15) is 0 Å². The average Bonchev–Trinajstić information content (AvgIpc) is 2.43. The lowest BCUT2D eigenvalue weighted by atomic mass is 9.92. The van der Waals surface area contributed by atoms with Crippen molar-refractivity contribution in [2.75, 3.05) is 5.88 Å². The Morgan fingerprint density at radius 3 is 1.85 bits per heavy atom. The highest BCUT2D eigenvalue weighted by Crippen LogP contribution is 2.38. The Bertz CT molecular complexity index is 197. The number of hydrogen-bond acceptors (Lipinski definition) is 2. The van der Waals surface area contributed by atoms with Gasteiger partial charge in [0, 0.05) is 16.4 Å². The maximum atomic E-state index is 6.26. The highest BCUT2D eigenvalue weighted by Gasteiger charge is 2.21. The van der Waals surface area contributed by atoms with E-state index in [1.54, 1.807) is 0 Å². The van der Waals surface area contributed by atoms with Gasteiger partial charge >= 0.3 is 0 Å². The van der Waals surface area contributed by atoms with Crippen LogP contribution in [0.4, 0.5) is 0 Å². The monoisotopic (exact) mass is 338 g/mol.